The van der Waals surface area contributed by atoms with E-state index in [-0.39, 0.29) is 11.5 Å². The third-order valence-electron chi connectivity index (χ3n) is 3.78. The molecule has 20 heavy (non-hydrogen) atoms. The maximum absolute atomic E-state index is 12.6. The summed E-state index contributed by atoms with van der Waals surface area (Å²) in [4.78, 5) is 30.6. The number of hydrogen-bond donors (Lipinski definition) is 0. The minimum Gasteiger partial charge on any atom is -0.344 e. The highest BCUT2D eigenvalue weighted by Gasteiger charge is 2.31. The van der Waals surface area contributed by atoms with Crippen molar-refractivity contribution in [2.45, 2.75) is 19.4 Å². The summed E-state index contributed by atoms with van der Waals surface area (Å²) >= 11 is 6.01. The Morgan fingerprint density at radius 2 is 2.10 bits per heavy atom. The molecule has 1 atom stereocenters. The van der Waals surface area contributed by atoms with Gasteiger partial charge in [-0.1, -0.05) is 11.6 Å². The van der Waals surface area contributed by atoms with E-state index >= 15 is 0 Å². The summed E-state index contributed by atoms with van der Waals surface area (Å²) in [6.07, 6.45) is 2.09. The molecule has 6 heteroatoms. The van der Waals surface area contributed by atoms with Gasteiger partial charge < -0.3 is 4.90 Å². The van der Waals surface area contributed by atoms with E-state index in [0.29, 0.717) is 28.9 Å². The fraction of sp³-hybridized carbons (Fsp3) is 0.357. The van der Waals surface area contributed by atoms with Gasteiger partial charge in [0.05, 0.1) is 17.2 Å². The topological polar surface area (TPSA) is 55.2 Å². The van der Waals surface area contributed by atoms with Crippen molar-refractivity contribution in [2.75, 3.05) is 13.6 Å². The van der Waals surface area contributed by atoms with Crippen LogP contribution in [0.4, 0.5) is 0 Å². The Bertz CT molecular complexity index is 769. The molecule has 5 nitrogen and oxygen atoms in total. The van der Waals surface area contributed by atoms with Gasteiger partial charge in [0.15, 0.2) is 0 Å². The van der Waals surface area contributed by atoms with E-state index < -0.39 is 6.04 Å². The summed E-state index contributed by atoms with van der Waals surface area (Å²) in [5.41, 5.74) is 1.27. The van der Waals surface area contributed by atoms with Crippen LogP contribution < -0.4 is 5.56 Å². The number of benzene rings is 1. The summed E-state index contributed by atoms with van der Waals surface area (Å²) < 4.78 is 1.42. The molecule has 0 spiro atoms. The molecule has 1 aromatic carbocycles. The Morgan fingerprint density at radius 3 is 2.75 bits per heavy atom. The summed E-state index contributed by atoms with van der Waals surface area (Å²) in [7, 11) is 1.74. The van der Waals surface area contributed by atoms with Gasteiger partial charge in [0.25, 0.3) is 5.56 Å². The van der Waals surface area contributed by atoms with Crippen LogP contribution in [0.2, 0.25) is 5.02 Å². The summed E-state index contributed by atoms with van der Waals surface area (Å²) in [6.45, 7) is 2.52. The Labute approximate surface area is 120 Å². The van der Waals surface area contributed by atoms with Crippen molar-refractivity contribution < 1.29 is 4.79 Å². The highest BCUT2D eigenvalue weighted by atomic mass is 35.5. The van der Waals surface area contributed by atoms with Crippen LogP contribution in [0.1, 0.15) is 18.0 Å². The molecule has 1 saturated heterocycles. The molecule has 0 unspecified atom stereocenters. The van der Waals surface area contributed by atoms with Crippen LogP contribution in [-0.4, -0.2) is 34.0 Å². The van der Waals surface area contributed by atoms with Crippen LogP contribution in [0.3, 0.4) is 0 Å². The first-order valence-corrected chi connectivity index (χ1v) is 6.79. The molecule has 1 aliphatic rings. The normalized spacial score (nSPS) is 19.1. The minimum absolute atomic E-state index is 0.0491. The number of aromatic nitrogens is 2. The second kappa shape index (κ2) is 4.59. The van der Waals surface area contributed by atoms with Crippen molar-refractivity contribution in [3.63, 3.8) is 0 Å². The van der Waals surface area contributed by atoms with Crippen molar-refractivity contribution in [3.05, 3.63) is 39.4 Å². The first-order valence-electron chi connectivity index (χ1n) is 6.41. The molecule has 1 fully saturated rings. The number of carbonyl (C=O) groups is 1. The van der Waals surface area contributed by atoms with Gasteiger partial charge in [0.2, 0.25) is 5.91 Å². The minimum atomic E-state index is -0.455. The number of amides is 1. The van der Waals surface area contributed by atoms with E-state index in [2.05, 4.69) is 4.98 Å². The molecular weight excluding hydrogens is 278 g/mol. The molecule has 2 aromatic rings. The van der Waals surface area contributed by atoms with Crippen LogP contribution in [0.5, 0.6) is 0 Å². The zero-order valence-corrected chi connectivity index (χ0v) is 12.0. The lowest BCUT2D eigenvalue weighted by Gasteiger charge is -2.14. The van der Waals surface area contributed by atoms with Gasteiger partial charge in [-0.3, -0.25) is 14.2 Å². The zero-order valence-electron chi connectivity index (χ0n) is 11.3. The van der Waals surface area contributed by atoms with Crippen LogP contribution in [-0.2, 0) is 4.79 Å². The number of halogens is 1. The lowest BCUT2D eigenvalue weighted by Crippen LogP contribution is -2.31. The number of hydrogen-bond acceptors (Lipinski definition) is 3. The average molecular weight is 292 g/mol. The van der Waals surface area contributed by atoms with Gasteiger partial charge >= 0.3 is 0 Å². The van der Waals surface area contributed by atoms with Gasteiger partial charge in [-0.05, 0) is 31.0 Å². The van der Waals surface area contributed by atoms with Crippen LogP contribution >= 0.6 is 11.6 Å². The number of likely N-dealkylation sites (tertiary alicyclic amines) is 1. The molecule has 0 saturated carbocycles. The summed E-state index contributed by atoms with van der Waals surface area (Å²) in [5, 5.41) is 0.960. The largest absolute Gasteiger partial charge is 0.344 e. The SMILES string of the molecule is Cc1cc(Cl)cc2c(=O)n([C@@H]3CCN(C)C3=O)cnc12. The molecule has 0 N–H and O–H groups in total. The molecule has 104 valence electrons. The van der Waals surface area contributed by atoms with Crippen molar-refractivity contribution in [2.24, 2.45) is 0 Å². The quantitative estimate of drug-likeness (QED) is 0.804. The fourth-order valence-electron chi connectivity index (χ4n) is 2.67. The lowest BCUT2D eigenvalue weighted by molar-refractivity contribution is -0.129. The van der Waals surface area contributed by atoms with Crippen LogP contribution in [0.25, 0.3) is 10.9 Å². The van der Waals surface area contributed by atoms with E-state index in [4.69, 9.17) is 11.6 Å². The number of aryl methyl sites for hydroxylation is 1. The third kappa shape index (κ3) is 1.89. The molecule has 3 rings (SSSR count). The van der Waals surface area contributed by atoms with Gasteiger partial charge in [-0.2, -0.15) is 0 Å². The monoisotopic (exact) mass is 291 g/mol. The Balaban J connectivity index is 2.22. The molecule has 0 bridgehead atoms. The van der Waals surface area contributed by atoms with E-state index in [0.717, 1.165) is 5.56 Å². The van der Waals surface area contributed by atoms with E-state index in [1.807, 2.05) is 6.92 Å². The van der Waals surface area contributed by atoms with Crippen molar-refractivity contribution in [3.8, 4) is 0 Å². The second-order valence-corrected chi connectivity index (χ2v) is 5.58. The standard InChI is InChI=1S/C14H14ClN3O2/c1-8-5-9(15)6-10-12(8)16-7-18(13(10)19)11-3-4-17(2)14(11)20/h5-7,11H,3-4H2,1-2H3/t11-/m1/s1. The van der Waals surface area contributed by atoms with E-state index in [9.17, 15) is 9.59 Å². The summed E-state index contributed by atoms with van der Waals surface area (Å²) in [6, 6.07) is 2.93. The maximum Gasteiger partial charge on any atom is 0.261 e. The highest BCUT2D eigenvalue weighted by molar-refractivity contribution is 6.31. The number of fused-ring (bicyclic) bond motifs is 1. The highest BCUT2D eigenvalue weighted by Crippen LogP contribution is 2.23. The Kier molecular flexibility index (Phi) is 3.01. The van der Waals surface area contributed by atoms with Gasteiger partial charge in [-0.25, -0.2) is 4.98 Å². The molecule has 0 aliphatic carbocycles. The van der Waals surface area contributed by atoms with Crippen LogP contribution in [0.15, 0.2) is 23.3 Å². The first-order chi connectivity index (χ1) is 9.49. The molecule has 0 radical (unpaired) electrons. The van der Waals surface area contributed by atoms with E-state index in [1.165, 1.54) is 10.9 Å². The predicted molar refractivity (Wildman–Crippen MR) is 77.0 cm³/mol. The molecule has 1 amide bonds. The zero-order chi connectivity index (χ0) is 14.4. The number of likely N-dealkylation sites (N-methyl/N-ethyl adjacent to an activating group) is 1. The van der Waals surface area contributed by atoms with Crippen molar-refractivity contribution >= 4 is 28.4 Å². The first kappa shape index (κ1) is 13.1. The van der Waals surface area contributed by atoms with Crippen molar-refractivity contribution in [1.29, 1.82) is 0 Å². The molecule has 2 heterocycles. The van der Waals surface area contributed by atoms with E-state index in [1.54, 1.807) is 24.1 Å². The molecule has 1 aromatic heterocycles. The second-order valence-electron chi connectivity index (χ2n) is 5.14. The Morgan fingerprint density at radius 1 is 1.35 bits per heavy atom. The maximum atomic E-state index is 12.6. The lowest BCUT2D eigenvalue weighted by atomic mass is 10.1. The summed E-state index contributed by atoms with van der Waals surface area (Å²) in [5.74, 6) is -0.0491. The number of nitrogens with zero attached hydrogens (tertiary/aromatic N) is 3. The Hall–Kier alpha value is -1.88. The smallest absolute Gasteiger partial charge is 0.261 e. The van der Waals surface area contributed by atoms with Gasteiger partial charge in [-0.15, -0.1) is 0 Å². The van der Waals surface area contributed by atoms with Gasteiger partial charge in [0, 0.05) is 18.6 Å². The molecule has 1 aliphatic heterocycles. The molecular formula is C14H14ClN3O2. The average Bonchev–Trinajstić information content (AvgIpc) is 2.72. The van der Waals surface area contributed by atoms with Crippen molar-refractivity contribution in [1.82, 2.24) is 14.5 Å². The fourth-order valence-corrected chi connectivity index (χ4v) is 2.94. The predicted octanol–water partition coefficient (Wildman–Crippen LogP) is 1.76. The van der Waals surface area contributed by atoms with Gasteiger partial charge in [0.1, 0.15) is 6.04 Å². The number of rotatable bonds is 1. The van der Waals surface area contributed by atoms with Crippen LogP contribution in [0, 0.1) is 6.92 Å². The number of carbonyl (C=O) groups excluding carboxylic acids is 1. The third-order valence-corrected chi connectivity index (χ3v) is 3.99.